The molecule has 0 bridgehead atoms. The van der Waals surface area contributed by atoms with Crippen molar-refractivity contribution in [2.45, 2.75) is 31.8 Å². The van der Waals surface area contributed by atoms with Crippen LogP contribution >= 0.6 is 0 Å². The van der Waals surface area contributed by atoms with Crippen molar-refractivity contribution in [3.8, 4) is 0 Å². The summed E-state index contributed by atoms with van der Waals surface area (Å²) < 4.78 is 6.62. The number of hydrogen-bond donors (Lipinski definition) is 2. The Morgan fingerprint density at radius 1 is 1.26 bits per heavy atom. The summed E-state index contributed by atoms with van der Waals surface area (Å²) in [5, 5.41) is 14.4. The van der Waals surface area contributed by atoms with Crippen LogP contribution in [0.4, 0.5) is 0 Å². The Kier molecular flexibility index (Phi) is 6.18. The molecule has 0 aliphatic carbocycles. The first-order valence-corrected chi connectivity index (χ1v) is 9.16. The fourth-order valence-electron chi connectivity index (χ4n) is 3.32. The highest BCUT2D eigenvalue weighted by molar-refractivity contribution is 5.92. The van der Waals surface area contributed by atoms with Crippen molar-refractivity contribution in [1.29, 1.82) is 0 Å². The van der Waals surface area contributed by atoms with Gasteiger partial charge in [-0.2, -0.15) is 0 Å². The van der Waals surface area contributed by atoms with Crippen molar-refractivity contribution >= 4 is 11.9 Å². The van der Waals surface area contributed by atoms with Crippen molar-refractivity contribution in [1.82, 2.24) is 25.6 Å². The molecule has 1 aliphatic heterocycles. The van der Waals surface area contributed by atoms with Gasteiger partial charge in [-0.05, 0) is 38.4 Å². The van der Waals surface area contributed by atoms with E-state index in [4.69, 9.17) is 4.74 Å². The standard InChI is InChI=1S/C19H25N5O3/c1-13(19(26)27-2)17(14-6-4-3-5-7-14)21-18(25)16-12-24(23-22-16)15-8-10-20-11-9-15/h3-7,12-13,15,17,20H,8-11H2,1-2H3,(H,21,25). The van der Waals surface area contributed by atoms with Gasteiger partial charge in [0.2, 0.25) is 0 Å². The van der Waals surface area contributed by atoms with E-state index in [0.717, 1.165) is 31.5 Å². The lowest BCUT2D eigenvalue weighted by atomic mass is 9.94. The molecule has 0 radical (unpaired) electrons. The minimum Gasteiger partial charge on any atom is -0.469 e. The molecule has 2 atom stereocenters. The summed E-state index contributed by atoms with van der Waals surface area (Å²) in [6.07, 6.45) is 3.59. The monoisotopic (exact) mass is 371 g/mol. The Bertz CT molecular complexity index is 771. The molecule has 0 spiro atoms. The normalized spacial score (nSPS) is 17.1. The SMILES string of the molecule is COC(=O)C(C)C(NC(=O)c1cn(C2CCNCC2)nn1)c1ccccc1. The second-order valence-electron chi connectivity index (χ2n) is 6.74. The van der Waals surface area contributed by atoms with Crippen molar-refractivity contribution in [3.05, 3.63) is 47.8 Å². The van der Waals surface area contributed by atoms with Crippen LogP contribution in [0.1, 0.15) is 47.9 Å². The molecule has 3 rings (SSSR count). The van der Waals surface area contributed by atoms with Crippen molar-refractivity contribution in [3.63, 3.8) is 0 Å². The topological polar surface area (TPSA) is 98.1 Å². The van der Waals surface area contributed by atoms with Gasteiger partial charge in [0.05, 0.1) is 31.3 Å². The third-order valence-electron chi connectivity index (χ3n) is 4.94. The van der Waals surface area contributed by atoms with E-state index in [9.17, 15) is 9.59 Å². The van der Waals surface area contributed by atoms with Gasteiger partial charge in [-0.25, -0.2) is 4.68 Å². The first-order valence-electron chi connectivity index (χ1n) is 9.16. The van der Waals surface area contributed by atoms with Gasteiger partial charge in [-0.3, -0.25) is 9.59 Å². The highest BCUT2D eigenvalue weighted by Gasteiger charge is 2.29. The number of carbonyl (C=O) groups excluding carboxylic acids is 2. The van der Waals surface area contributed by atoms with Crippen LogP contribution in [-0.4, -0.2) is 47.1 Å². The van der Waals surface area contributed by atoms with Gasteiger partial charge in [0.15, 0.2) is 5.69 Å². The molecule has 2 aromatic rings. The maximum atomic E-state index is 12.7. The molecular formula is C19H25N5O3. The number of esters is 1. The van der Waals surface area contributed by atoms with E-state index in [-0.39, 0.29) is 23.6 Å². The maximum Gasteiger partial charge on any atom is 0.310 e. The van der Waals surface area contributed by atoms with E-state index in [1.165, 1.54) is 7.11 Å². The number of carbonyl (C=O) groups is 2. The first kappa shape index (κ1) is 19.0. The molecular weight excluding hydrogens is 346 g/mol. The number of piperidine rings is 1. The largest absolute Gasteiger partial charge is 0.469 e. The molecule has 2 heterocycles. The van der Waals surface area contributed by atoms with Crippen LogP contribution in [-0.2, 0) is 9.53 Å². The lowest BCUT2D eigenvalue weighted by Gasteiger charge is -2.23. The molecule has 8 nitrogen and oxygen atoms in total. The van der Waals surface area contributed by atoms with E-state index in [1.807, 2.05) is 30.3 Å². The number of hydrogen-bond acceptors (Lipinski definition) is 6. The fourth-order valence-corrected chi connectivity index (χ4v) is 3.32. The average molecular weight is 371 g/mol. The zero-order valence-electron chi connectivity index (χ0n) is 15.6. The lowest BCUT2D eigenvalue weighted by molar-refractivity contribution is -0.145. The number of ether oxygens (including phenoxy) is 1. The molecule has 1 aromatic carbocycles. The Morgan fingerprint density at radius 3 is 2.63 bits per heavy atom. The fraction of sp³-hybridized carbons (Fsp3) is 0.474. The van der Waals surface area contributed by atoms with E-state index < -0.39 is 12.0 Å². The van der Waals surface area contributed by atoms with Gasteiger partial charge < -0.3 is 15.4 Å². The molecule has 1 fully saturated rings. The predicted molar refractivity (Wildman–Crippen MR) is 99.0 cm³/mol. The Balaban J connectivity index is 1.76. The van der Waals surface area contributed by atoms with Gasteiger partial charge in [-0.1, -0.05) is 35.5 Å². The Morgan fingerprint density at radius 2 is 1.96 bits per heavy atom. The Labute approximate surface area is 158 Å². The van der Waals surface area contributed by atoms with E-state index in [2.05, 4.69) is 20.9 Å². The molecule has 2 unspecified atom stereocenters. The van der Waals surface area contributed by atoms with E-state index in [1.54, 1.807) is 17.8 Å². The zero-order chi connectivity index (χ0) is 19.2. The van der Waals surface area contributed by atoms with E-state index >= 15 is 0 Å². The lowest BCUT2D eigenvalue weighted by Crippen LogP contribution is -2.36. The van der Waals surface area contributed by atoms with Gasteiger partial charge in [0.25, 0.3) is 5.91 Å². The van der Waals surface area contributed by atoms with Crippen molar-refractivity contribution < 1.29 is 14.3 Å². The minimum atomic E-state index is -0.541. The number of nitrogens with zero attached hydrogens (tertiary/aromatic N) is 3. The second-order valence-corrected chi connectivity index (χ2v) is 6.74. The van der Waals surface area contributed by atoms with Crippen LogP contribution < -0.4 is 10.6 Å². The number of nitrogens with one attached hydrogen (secondary N) is 2. The predicted octanol–water partition coefficient (Wildman–Crippen LogP) is 1.48. The summed E-state index contributed by atoms with van der Waals surface area (Å²) in [4.78, 5) is 24.8. The van der Waals surface area contributed by atoms with Crippen LogP contribution in [0.15, 0.2) is 36.5 Å². The molecule has 0 saturated carbocycles. The van der Waals surface area contributed by atoms with Crippen LogP contribution in [0.25, 0.3) is 0 Å². The number of benzene rings is 1. The minimum absolute atomic E-state index is 0.242. The molecule has 1 amide bonds. The highest BCUT2D eigenvalue weighted by Crippen LogP contribution is 2.24. The summed E-state index contributed by atoms with van der Waals surface area (Å²) >= 11 is 0. The quantitative estimate of drug-likeness (QED) is 0.747. The highest BCUT2D eigenvalue weighted by atomic mass is 16.5. The first-order chi connectivity index (χ1) is 13.1. The number of amides is 1. The summed E-state index contributed by atoms with van der Waals surface area (Å²) in [5.41, 5.74) is 1.07. The van der Waals surface area contributed by atoms with Crippen LogP contribution in [0.3, 0.4) is 0 Å². The van der Waals surface area contributed by atoms with Crippen LogP contribution in [0.5, 0.6) is 0 Å². The molecule has 144 valence electrons. The van der Waals surface area contributed by atoms with E-state index in [0.29, 0.717) is 0 Å². The van der Waals surface area contributed by atoms with Crippen LogP contribution in [0.2, 0.25) is 0 Å². The number of rotatable bonds is 6. The smallest absolute Gasteiger partial charge is 0.310 e. The average Bonchev–Trinajstić information content (AvgIpc) is 3.22. The number of aromatic nitrogens is 3. The maximum absolute atomic E-state index is 12.7. The van der Waals surface area contributed by atoms with Gasteiger partial charge in [0, 0.05) is 0 Å². The molecule has 1 saturated heterocycles. The summed E-state index contributed by atoms with van der Waals surface area (Å²) in [6.45, 7) is 3.59. The number of methoxy groups -OCH3 is 1. The van der Waals surface area contributed by atoms with Crippen molar-refractivity contribution in [2.24, 2.45) is 5.92 Å². The summed E-state index contributed by atoms with van der Waals surface area (Å²) in [7, 11) is 1.34. The second kappa shape index (κ2) is 8.77. The van der Waals surface area contributed by atoms with Crippen LogP contribution in [0, 0.1) is 5.92 Å². The molecule has 1 aromatic heterocycles. The Hall–Kier alpha value is -2.74. The summed E-state index contributed by atoms with van der Waals surface area (Å²) in [6, 6.07) is 9.09. The molecule has 27 heavy (non-hydrogen) atoms. The third-order valence-corrected chi connectivity index (χ3v) is 4.94. The third kappa shape index (κ3) is 4.51. The van der Waals surface area contributed by atoms with Gasteiger partial charge in [0.1, 0.15) is 0 Å². The van der Waals surface area contributed by atoms with Gasteiger partial charge >= 0.3 is 5.97 Å². The van der Waals surface area contributed by atoms with Crippen molar-refractivity contribution in [2.75, 3.05) is 20.2 Å². The summed E-state index contributed by atoms with van der Waals surface area (Å²) in [5.74, 6) is -1.29. The molecule has 1 aliphatic rings. The molecule has 2 N–H and O–H groups in total. The zero-order valence-corrected chi connectivity index (χ0v) is 15.6. The molecule has 8 heteroatoms. The van der Waals surface area contributed by atoms with Gasteiger partial charge in [-0.15, -0.1) is 5.10 Å².